The molecule has 2 N–H and O–H groups in total. The Kier molecular flexibility index (Phi) is 7.38. The SMILES string of the molecule is C#CCNC(=NCCc1ccc(OC)cc1Cl)NCC. The number of nitrogens with one attached hydrogen (secondary N) is 2. The number of terminal acetylenes is 1. The topological polar surface area (TPSA) is 45.7 Å². The number of hydrogen-bond donors (Lipinski definition) is 2. The van der Waals surface area contributed by atoms with E-state index in [1.54, 1.807) is 7.11 Å². The van der Waals surface area contributed by atoms with E-state index in [4.69, 9.17) is 22.8 Å². The largest absolute Gasteiger partial charge is 0.497 e. The van der Waals surface area contributed by atoms with Gasteiger partial charge in [-0.05, 0) is 31.0 Å². The predicted octanol–water partition coefficient (Wildman–Crippen LogP) is 2.08. The zero-order valence-electron chi connectivity index (χ0n) is 11.9. The van der Waals surface area contributed by atoms with Gasteiger partial charge in [0.15, 0.2) is 5.96 Å². The fourth-order valence-corrected chi connectivity index (χ4v) is 1.89. The first-order valence-corrected chi connectivity index (χ1v) is 6.87. The van der Waals surface area contributed by atoms with E-state index in [0.29, 0.717) is 18.1 Å². The van der Waals surface area contributed by atoms with E-state index in [2.05, 4.69) is 21.5 Å². The van der Waals surface area contributed by atoms with Crippen molar-refractivity contribution < 1.29 is 4.74 Å². The highest BCUT2D eigenvalue weighted by Crippen LogP contribution is 2.22. The Morgan fingerprint density at radius 1 is 1.45 bits per heavy atom. The summed E-state index contributed by atoms with van der Waals surface area (Å²) in [6.07, 6.45) is 5.97. The lowest BCUT2D eigenvalue weighted by molar-refractivity contribution is 0.414. The summed E-state index contributed by atoms with van der Waals surface area (Å²) in [5.41, 5.74) is 1.05. The first-order valence-electron chi connectivity index (χ1n) is 6.49. The fraction of sp³-hybridized carbons (Fsp3) is 0.400. The smallest absolute Gasteiger partial charge is 0.192 e. The Morgan fingerprint density at radius 3 is 2.85 bits per heavy atom. The maximum atomic E-state index is 6.18. The van der Waals surface area contributed by atoms with Crippen LogP contribution in [0.2, 0.25) is 5.02 Å². The Balaban J connectivity index is 2.58. The molecule has 0 saturated heterocycles. The van der Waals surface area contributed by atoms with E-state index in [0.717, 1.165) is 30.2 Å². The maximum Gasteiger partial charge on any atom is 0.192 e. The van der Waals surface area contributed by atoms with Crippen molar-refractivity contribution in [3.8, 4) is 18.1 Å². The minimum atomic E-state index is 0.453. The third-order valence-electron chi connectivity index (χ3n) is 2.61. The molecule has 1 aromatic rings. The summed E-state index contributed by atoms with van der Waals surface area (Å²) in [6.45, 7) is 3.88. The van der Waals surface area contributed by atoms with E-state index in [9.17, 15) is 0 Å². The molecule has 0 atom stereocenters. The number of benzene rings is 1. The second-order valence-electron chi connectivity index (χ2n) is 4.03. The average Bonchev–Trinajstić information content (AvgIpc) is 2.46. The standard InChI is InChI=1S/C15H20ClN3O/c1-4-9-18-15(17-5-2)19-10-8-12-6-7-13(20-3)11-14(12)16/h1,6-7,11H,5,8-10H2,2-3H3,(H2,17,18,19). The highest BCUT2D eigenvalue weighted by molar-refractivity contribution is 6.31. The molecule has 0 radical (unpaired) electrons. The van der Waals surface area contributed by atoms with E-state index < -0.39 is 0 Å². The molecule has 5 heteroatoms. The molecule has 0 aliphatic rings. The van der Waals surface area contributed by atoms with Crippen molar-refractivity contribution in [1.82, 2.24) is 10.6 Å². The molecule has 1 rings (SSSR count). The maximum absolute atomic E-state index is 6.18. The summed E-state index contributed by atoms with van der Waals surface area (Å²) in [6, 6.07) is 5.66. The minimum absolute atomic E-state index is 0.453. The van der Waals surface area contributed by atoms with Gasteiger partial charge in [0.1, 0.15) is 5.75 Å². The van der Waals surface area contributed by atoms with Crippen LogP contribution in [-0.2, 0) is 6.42 Å². The molecule has 0 aromatic heterocycles. The summed E-state index contributed by atoms with van der Waals surface area (Å²) >= 11 is 6.18. The molecule has 0 unspecified atom stereocenters. The first kappa shape index (κ1) is 16.2. The van der Waals surface area contributed by atoms with Crippen LogP contribution in [0, 0.1) is 12.3 Å². The number of methoxy groups -OCH3 is 1. The normalized spacial score (nSPS) is 10.8. The highest BCUT2D eigenvalue weighted by atomic mass is 35.5. The Hall–Kier alpha value is -1.86. The average molecular weight is 294 g/mol. The predicted molar refractivity (Wildman–Crippen MR) is 84.5 cm³/mol. The number of ether oxygens (including phenoxy) is 1. The van der Waals surface area contributed by atoms with Crippen LogP contribution in [0.4, 0.5) is 0 Å². The first-order chi connectivity index (χ1) is 9.71. The Bertz CT molecular complexity index is 494. The van der Waals surface area contributed by atoms with Gasteiger partial charge in [-0.15, -0.1) is 6.42 Å². The van der Waals surface area contributed by atoms with Gasteiger partial charge in [-0.1, -0.05) is 23.6 Å². The third-order valence-corrected chi connectivity index (χ3v) is 2.97. The molecule has 0 saturated carbocycles. The van der Waals surface area contributed by atoms with Gasteiger partial charge in [0.05, 0.1) is 13.7 Å². The Morgan fingerprint density at radius 2 is 2.25 bits per heavy atom. The van der Waals surface area contributed by atoms with Gasteiger partial charge in [0, 0.05) is 18.1 Å². The molecule has 108 valence electrons. The summed E-state index contributed by atoms with van der Waals surface area (Å²) in [7, 11) is 1.62. The zero-order chi connectivity index (χ0) is 14.8. The van der Waals surface area contributed by atoms with Crippen LogP contribution in [0.5, 0.6) is 5.75 Å². The summed E-state index contributed by atoms with van der Waals surface area (Å²) < 4.78 is 5.12. The molecule has 0 aliphatic heterocycles. The van der Waals surface area contributed by atoms with Crippen LogP contribution in [0.15, 0.2) is 23.2 Å². The Labute approximate surface area is 125 Å². The van der Waals surface area contributed by atoms with E-state index in [1.807, 2.05) is 25.1 Å². The molecular formula is C15H20ClN3O. The van der Waals surface area contributed by atoms with Gasteiger partial charge in [-0.3, -0.25) is 4.99 Å². The quantitative estimate of drug-likeness (QED) is 0.479. The number of hydrogen-bond acceptors (Lipinski definition) is 2. The number of halogens is 1. The van der Waals surface area contributed by atoms with Crippen molar-refractivity contribution in [3.05, 3.63) is 28.8 Å². The van der Waals surface area contributed by atoms with E-state index in [1.165, 1.54) is 0 Å². The van der Waals surface area contributed by atoms with Crippen LogP contribution in [0.1, 0.15) is 12.5 Å². The number of aliphatic imine (C=N–C) groups is 1. The molecule has 0 amide bonds. The lowest BCUT2D eigenvalue weighted by atomic mass is 10.1. The van der Waals surface area contributed by atoms with Gasteiger partial charge in [-0.25, -0.2) is 0 Å². The molecular weight excluding hydrogens is 274 g/mol. The molecule has 1 aromatic carbocycles. The lowest BCUT2D eigenvalue weighted by Crippen LogP contribution is -2.37. The highest BCUT2D eigenvalue weighted by Gasteiger charge is 2.02. The monoisotopic (exact) mass is 293 g/mol. The molecule has 0 heterocycles. The zero-order valence-corrected chi connectivity index (χ0v) is 12.6. The molecule has 20 heavy (non-hydrogen) atoms. The van der Waals surface area contributed by atoms with Gasteiger partial charge >= 0.3 is 0 Å². The molecule has 0 fully saturated rings. The van der Waals surface area contributed by atoms with Crippen molar-refractivity contribution in [2.45, 2.75) is 13.3 Å². The van der Waals surface area contributed by atoms with Gasteiger partial charge < -0.3 is 15.4 Å². The van der Waals surface area contributed by atoms with E-state index >= 15 is 0 Å². The second-order valence-corrected chi connectivity index (χ2v) is 4.43. The van der Waals surface area contributed by atoms with Crippen LogP contribution in [0.25, 0.3) is 0 Å². The molecule has 4 nitrogen and oxygen atoms in total. The van der Waals surface area contributed by atoms with Crippen molar-refractivity contribution in [2.75, 3.05) is 26.7 Å². The van der Waals surface area contributed by atoms with Crippen LogP contribution in [0.3, 0.4) is 0 Å². The summed E-state index contributed by atoms with van der Waals surface area (Å²) in [5, 5.41) is 6.86. The third kappa shape index (κ3) is 5.41. The molecule has 0 bridgehead atoms. The van der Waals surface area contributed by atoms with Gasteiger partial charge in [0.25, 0.3) is 0 Å². The number of rotatable bonds is 6. The minimum Gasteiger partial charge on any atom is -0.497 e. The van der Waals surface area contributed by atoms with Crippen molar-refractivity contribution in [1.29, 1.82) is 0 Å². The van der Waals surface area contributed by atoms with E-state index in [-0.39, 0.29) is 0 Å². The van der Waals surface area contributed by atoms with Crippen LogP contribution < -0.4 is 15.4 Å². The second kappa shape index (κ2) is 9.11. The summed E-state index contributed by atoms with van der Waals surface area (Å²) in [4.78, 5) is 4.44. The van der Waals surface area contributed by atoms with Crippen molar-refractivity contribution in [3.63, 3.8) is 0 Å². The lowest BCUT2D eigenvalue weighted by Gasteiger charge is -2.09. The fourth-order valence-electron chi connectivity index (χ4n) is 1.62. The molecule has 0 aliphatic carbocycles. The van der Waals surface area contributed by atoms with Gasteiger partial charge in [0.2, 0.25) is 0 Å². The number of guanidine groups is 1. The summed E-state index contributed by atoms with van der Waals surface area (Å²) in [5.74, 6) is 3.99. The molecule has 0 spiro atoms. The van der Waals surface area contributed by atoms with Crippen molar-refractivity contribution >= 4 is 17.6 Å². The van der Waals surface area contributed by atoms with Crippen molar-refractivity contribution in [2.24, 2.45) is 4.99 Å². The van der Waals surface area contributed by atoms with Gasteiger partial charge in [-0.2, -0.15) is 0 Å². The van der Waals surface area contributed by atoms with Crippen LogP contribution in [-0.4, -0.2) is 32.7 Å². The van der Waals surface area contributed by atoms with Crippen LogP contribution >= 0.6 is 11.6 Å². The number of nitrogens with zero attached hydrogens (tertiary/aromatic N) is 1.